The van der Waals surface area contributed by atoms with Crippen LogP contribution in [0.2, 0.25) is 0 Å². The van der Waals surface area contributed by atoms with Gasteiger partial charge in [0.2, 0.25) is 0 Å². The monoisotopic (exact) mass is 241 g/mol. The summed E-state index contributed by atoms with van der Waals surface area (Å²) < 4.78 is 0. The van der Waals surface area contributed by atoms with Crippen molar-refractivity contribution in [1.82, 2.24) is 4.98 Å². The average Bonchev–Trinajstić information content (AvgIpc) is 2.72. The minimum Gasteiger partial charge on any atom is -0.481 e. The first-order valence-electron chi connectivity index (χ1n) is 5.29. The van der Waals surface area contributed by atoms with Gasteiger partial charge in [-0.05, 0) is 30.7 Å². The zero-order chi connectivity index (χ0) is 12.2. The normalized spacial score (nSPS) is 17.5. The highest BCUT2D eigenvalue weighted by atomic mass is 32.2. The number of hydrogen-bond acceptors (Lipinski definition) is 3. The molecule has 90 valence electrons. The number of hydrogen-bond donors (Lipinski definition) is 1. The summed E-state index contributed by atoms with van der Waals surface area (Å²) in [4.78, 5) is 12.8. The lowest BCUT2D eigenvalue weighted by Gasteiger charge is -1.91. The van der Waals surface area contributed by atoms with E-state index in [0.29, 0.717) is 0 Å². The first-order chi connectivity index (χ1) is 7.63. The quantitative estimate of drug-likeness (QED) is 0.758. The second-order valence-corrected chi connectivity index (χ2v) is 4.91. The third-order valence-corrected chi connectivity index (χ3v) is 3.05. The molecular formula is C12H19NO2S. The summed E-state index contributed by atoms with van der Waals surface area (Å²) in [5.41, 5.74) is 0. The number of aliphatic carboxylic acids is 1. The maximum Gasteiger partial charge on any atom is 0.300 e. The molecule has 1 aliphatic rings. The van der Waals surface area contributed by atoms with Crippen molar-refractivity contribution in [2.45, 2.75) is 31.9 Å². The largest absolute Gasteiger partial charge is 0.481 e. The van der Waals surface area contributed by atoms with Gasteiger partial charge in [0.05, 0.1) is 0 Å². The van der Waals surface area contributed by atoms with Crippen LogP contribution in [0.5, 0.6) is 0 Å². The molecule has 0 aromatic carbocycles. The number of pyridine rings is 1. The van der Waals surface area contributed by atoms with Gasteiger partial charge in [-0.2, -0.15) is 11.8 Å². The Morgan fingerprint density at radius 2 is 1.94 bits per heavy atom. The molecular weight excluding hydrogens is 222 g/mol. The Labute approximate surface area is 101 Å². The lowest BCUT2D eigenvalue weighted by molar-refractivity contribution is -0.134. The topological polar surface area (TPSA) is 50.2 Å². The Bertz CT molecular complexity index is 230. The molecule has 0 bridgehead atoms. The number of carbonyl (C=O) groups is 1. The van der Waals surface area contributed by atoms with Gasteiger partial charge in [-0.25, -0.2) is 0 Å². The highest BCUT2D eigenvalue weighted by Crippen LogP contribution is 2.24. The summed E-state index contributed by atoms with van der Waals surface area (Å²) in [6, 6.07) is 5.72. The molecule has 1 atom stereocenters. The van der Waals surface area contributed by atoms with Crippen LogP contribution in [0.25, 0.3) is 0 Å². The predicted molar refractivity (Wildman–Crippen MR) is 68.7 cm³/mol. The minimum atomic E-state index is -0.833. The van der Waals surface area contributed by atoms with Gasteiger partial charge in [-0.3, -0.25) is 9.78 Å². The zero-order valence-electron chi connectivity index (χ0n) is 9.80. The third kappa shape index (κ3) is 13.0. The van der Waals surface area contributed by atoms with Crippen molar-refractivity contribution in [1.29, 1.82) is 0 Å². The Morgan fingerprint density at radius 1 is 1.38 bits per heavy atom. The molecule has 0 amide bonds. The molecule has 1 N–H and O–H groups in total. The van der Waals surface area contributed by atoms with Crippen LogP contribution in [0.1, 0.15) is 26.7 Å². The molecule has 0 saturated carbocycles. The molecule has 0 radical (unpaired) electrons. The maximum atomic E-state index is 9.00. The lowest BCUT2D eigenvalue weighted by atomic mass is 10.3. The molecule has 2 heterocycles. The van der Waals surface area contributed by atoms with E-state index >= 15 is 0 Å². The van der Waals surface area contributed by atoms with Crippen molar-refractivity contribution in [3.8, 4) is 0 Å². The van der Waals surface area contributed by atoms with Gasteiger partial charge in [0.25, 0.3) is 5.97 Å². The summed E-state index contributed by atoms with van der Waals surface area (Å²) in [5.74, 6) is 0.571. The van der Waals surface area contributed by atoms with Crippen LogP contribution in [-0.4, -0.2) is 27.1 Å². The van der Waals surface area contributed by atoms with E-state index in [2.05, 4.69) is 23.7 Å². The van der Waals surface area contributed by atoms with Gasteiger partial charge in [0, 0.05) is 24.6 Å². The van der Waals surface area contributed by atoms with E-state index in [9.17, 15) is 0 Å². The average molecular weight is 241 g/mol. The summed E-state index contributed by atoms with van der Waals surface area (Å²) in [5, 5.41) is 8.38. The number of aromatic nitrogens is 1. The van der Waals surface area contributed by atoms with Crippen molar-refractivity contribution in [3.63, 3.8) is 0 Å². The summed E-state index contributed by atoms with van der Waals surface area (Å²) >= 11 is 2.10. The molecule has 0 spiro atoms. The van der Waals surface area contributed by atoms with Gasteiger partial charge in [-0.1, -0.05) is 13.0 Å². The Morgan fingerprint density at radius 3 is 2.06 bits per heavy atom. The van der Waals surface area contributed by atoms with E-state index in [1.165, 1.54) is 18.6 Å². The number of thioether (sulfide) groups is 1. The van der Waals surface area contributed by atoms with Gasteiger partial charge >= 0.3 is 0 Å². The first-order valence-corrected chi connectivity index (χ1v) is 6.34. The Kier molecular flexibility index (Phi) is 9.81. The zero-order valence-corrected chi connectivity index (χ0v) is 10.6. The van der Waals surface area contributed by atoms with Crippen LogP contribution in [0.4, 0.5) is 0 Å². The fourth-order valence-corrected chi connectivity index (χ4v) is 2.12. The smallest absolute Gasteiger partial charge is 0.300 e. The Hall–Kier alpha value is -1.03. The number of nitrogens with zero attached hydrogens (tertiary/aromatic N) is 1. The van der Waals surface area contributed by atoms with Crippen LogP contribution in [0.15, 0.2) is 30.6 Å². The van der Waals surface area contributed by atoms with Gasteiger partial charge in [0.1, 0.15) is 0 Å². The molecule has 3 nitrogen and oxygen atoms in total. The number of rotatable bonds is 0. The highest BCUT2D eigenvalue weighted by Gasteiger charge is 2.07. The van der Waals surface area contributed by atoms with Crippen molar-refractivity contribution in [2.75, 3.05) is 5.75 Å². The molecule has 4 heteroatoms. The highest BCUT2D eigenvalue weighted by molar-refractivity contribution is 8.00. The molecule has 1 fully saturated rings. The molecule has 16 heavy (non-hydrogen) atoms. The molecule has 1 aromatic rings. The molecule has 1 aromatic heterocycles. The van der Waals surface area contributed by atoms with Crippen molar-refractivity contribution >= 4 is 17.7 Å². The number of carboxylic acid groups (broad SMARTS) is 1. The molecule has 1 saturated heterocycles. The fraction of sp³-hybridized carbons (Fsp3) is 0.500. The van der Waals surface area contributed by atoms with E-state index < -0.39 is 5.97 Å². The van der Waals surface area contributed by atoms with Crippen LogP contribution in [0, 0.1) is 0 Å². The van der Waals surface area contributed by atoms with E-state index in [1.807, 2.05) is 18.2 Å². The van der Waals surface area contributed by atoms with Gasteiger partial charge in [0.15, 0.2) is 0 Å². The summed E-state index contributed by atoms with van der Waals surface area (Å²) in [7, 11) is 0. The first kappa shape index (κ1) is 15.0. The van der Waals surface area contributed by atoms with E-state index in [0.717, 1.165) is 12.2 Å². The van der Waals surface area contributed by atoms with Crippen LogP contribution >= 0.6 is 11.8 Å². The van der Waals surface area contributed by atoms with Crippen molar-refractivity contribution < 1.29 is 9.90 Å². The van der Waals surface area contributed by atoms with Crippen molar-refractivity contribution in [2.24, 2.45) is 0 Å². The summed E-state index contributed by atoms with van der Waals surface area (Å²) in [6.07, 6.45) is 6.40. The van der Waals surface area contributed by atoms with Crippen molar-refractivity contribution in [3.05, 3.63) is 30.6 Å². The van der Waals surface area contributed by atoms with E-state index in [4.69, 9.17) is 9.90 Å². The Balaban J connectivity index is 0.000000217. The molecule has 1 unspecified atom stereocenters. The standard InChI is InChI=1S/C5H5N.C5H10S.C2H4O2/c1-2-4-6-5-3-1;1-5-3-2-4-6-5;1-2(3)4/h1-5H;5H,2-4H2,1H3;1H3,(H,3,4). The molecule has 2 rings (SSSR count). The van der Waals surface area contributed by atoms with Crippen LogP contribution in [0.3, 0.4) is 0 Å². The van der Waals surface area contributed by atoms with Gasteiger partial charge < -0.3 is 5.11 Å². The van der Waals surface area contributed by atoms with E-state index in [1.54, 1.807) is 12.4 Å². The minimum absolute atomic E-state index is 0.833. The van der Waals surface area contributed by atoms with E-state index in [-0.39, 0.29) is 0 Å². The second-order valence-electron chi connectivity index (χ2n) is 3.37. The number of carboxylic acids is 1. The fourth-order valence-electron chi connectivity index (χ4n) is 1.05. The maximum absolute atomic E-state index is 9.00. The second kappa shape index (κ2) is 10.5. The molecule has 1 aliphatic heterocycles. The van der Waals surface area contributed by atoms with Crippen LogP contribution in [-0.2, 0) is 4.79 Å². The lowest BCUT2D eigenvalue weighted by Crippen LogP contribution is -1.82. The SMILES string of the molecule is CC(=O)O.CC1CCCS1.c1ccncc1. The molecule has 0 aliphatic carbocycles. The van der Waals surface area contributed by atoms with Gasteiger partial charge in [-0.15, -0.1) is 0 Å². The predicted octanol–water partition coefficient (Wildman–Crippen LogP) is 3.07. The third-order valence-electron chi connectivity index (χ3n) is 1.72. The summed E-state index contributed by atoms with van der Waals surface area (Å²) in [6.45, 7) is 3.39. The van der Waals surface area contributed by atoms with Crippen LogP contribution < -0.4 is 0 Å².